The molecule has 128 valence electrons. The van der Waals surface area contributed by atoms with Crippen molar-refractivity contribution in [2.45, 2.75) is 65.8 Å². The van der Waals surface area contributed by atoms with Crippen molar-refractivity contribution in [3.63, 3.8) is 0 Å². The van der Waals surface area contributed by atoms with Gasteiger partial charge in [0.05, 0.1) is 0 Å². The fourth-order valence-corrected chi connectivity index (χ4v) is 2.30. The van der Waals surface area contributed by atoms with Crippen molar-refractivity contribution < 1.29 is 9.59 Å². The second-order valence-electron chi connectivity index (χ2n) is 8.02. The summed E-state index contributed by atoms with van der Waals surface area (Å²) in [5.41, 5.74) is 1.86. The van der Waals surface area contributed by atoms with Gasteiger partial charge in [-0.05, 0) is 43.9 Å². The number of benzene rings is 1. The Morgan fingerprint density at radius 1 is 1.00 bits per heavy atom. The Balaban J connectivity index is 2.80. The molecule has 0 bridgehead atoms. The maximum atomic E-state index is 12.0. The van der Waals surface area contributed by atoms with E-state index in [4.69, 9.17) is 0 Å². The van der Waals surface area contributed by atoms with Gasteiger partial charge in [0.15, 0.2) is 0 Å². The average Bonchev–Trinajstić information content (AvgIpc) is 2.35. The van der Waals surface area contributed by atoms with Crippen molar-refractivity contribution in [2.75, 3.05) is 11.4 Å². The second-order valence-corrected chi connectivity index (χ2v) is 8.02. The molecule has 0 saturated heterocycles. The Labute approximate surface area is 140 Å². The van der Waals surface area contributed by atoms with E-state index in [1.54, 1.807) is 4.90 Å². The van der Waals surface area contributed by atoms with E-state index in [1.807, 2.05) is 45.0 Å². The summed E-state index contributed by atoms with van der Waals surface area (Å²) in [5, 5.41) is 2.92. The number of nitrogens with zero attached hydrogens (tertiary/aromatic N) is 1. The van der Waals surface area contributed by atoms with Crippen LogP contribution in [0.25, 0.3) is 0 Å². The standard InChI is InChI=1S/C19H30N2O2/c1-14(22)21(13-12-17(23)20-19(5,6)7)16-10-8-15(9-11-16)18(2,3)4/h8-11H,12-13H2,1-7H3,(H,20,23). The van der Waals surface area contributed by atoms with E-state index in [9.17, 15) is 9.59 Å². The summed E-state index contributed by atoms with van der Waals surface area (Å²) in [7, 11) is 0. The van der Waals surface area contributed by atoms with Crippen LogP contribution in [-0.2, 0) is 15.0 Å². The SMILES string of the molecule is CC(=O)N(CCC(=O)NC(C)(C)C)c1ccc(C(C)(C)C)cc1. The minimum Gasteiger partial charge on any atom is -0.351 e. The van der Waals surface area contributed by atoms with Crippen LogP contribution in [-0.4, -0.2) is 23.9 Å². The van der Waals surface area contributed by atoms with Gasteiger partial charge in [0.25, 0.3) is 0 Å². The van der Waals surface area contributed by atoms with Crippen LogP contribution in [0.3, 0.4) is 0 Å². The number of hydrogen-bond acceptors (Lipinski definition) is 2. The lowest BCUT2D eigenvalue weighted by Crippen LogP contribution is -2.42. The third-order valence-corrected chi connectivity index (χ3v) is 3.50. The van der Waals surface area contributed by atoms with Gasteiger partial charge in [0, 0.05) is 31.1 Å². The molecule has 0 unspecified atom stereocenters. The molecule has 4 nitrogen and oxygen atoms in total. The van der Waals surface area contributed by atoms with Crippen LogP contribution in [0.2, 0.25) is 0 Å². The highest BCUT2D eigenvalue weighted by Crippen LogP contribution is 2.25. The van der Waals surface area contributed by atoms with E-state index in [-0.39, 0.29) is 29.2 Å². The van der Waals surface area contributed by atoms with Gasteiger partial charge >= 0.3 is 0 Å². The minimum absolute atomic E-state index is 0.0462. The number of hydrogen-bond donors (Lipinski definition) is 1. The molecule has 0 spiro atoms. The first-order chi connectivity index (χ1) is 10.4. The molecule has 23 heavy (non-hydrogen) atoms. The van der Waals surface area contributed by atoms with Crippen molar-refractivity contribution in [3.05, 3.63) is 29.8 Å². The Morgan fingerprint density at radius 2 is 1.52 bits per heavy atom. The molecule has 1 rings (SSSR count). The summed E-state index contributed by atoms with van der Waals surface area (Å²) in [6.07, 6.45) is 0.290. The first kappa shape index (κ1) is 19.2. The van der Waals surface area contributed by atoms with E-state index in [0.717, 1.165) is 5.69 Å². The number of rotatable bonds is 4. The van der Waals surface area contributed by atoms with Crippen molar-refractivity contribution in [3.8, 4) is 0 Å². The molecular formula is C19H30N2O2. The zero-order chi connectivity index (χ0) is 17.8. The van der Waals surface area contributed by atoms with Crippen LogP contribution >= 0.6 is 0 Å². The fraction of sp³-hybridized carbons (Fsp3) is 0.579. The molecule has 0 saturated carbocycles. The minimum atomic E-state index is -0.257. The van der Waals surface area contributed by atoms with Gasteiger partial charge in [-0.25, -0.2) is 0 Å². The molecule has 0 aliphatic carbocycles. The first-order valence-corrected chi connectivity index (χ1v) is 8.10. The highest BCUT2D eigenvalue weighted by atomic mass is 16.2. The molecule has 0 heterocycles. The zero-order valence-corrected chi connectivity index (χ0v) is 15.5. The lowest BCUT2D eigenvalue weighted by molar-refractivity contribution is -0.122. The van der Waals surface area contributed by atoms with Crippen molar-refractivity contribution in [2.24, 2.45) is 0 Å². The van der Waals surface area contributed by atoms with E-state index in [0.29, 0.717) is 6.54 Å². The quantitative estimate of drug-likeness (QED) is 0.921. The third-order valence-electron chi connectivity index (χ3n) is 3.50. The van der Waals surface area contributed by atoms with Gasteiger partial charge < -0.3 is 10.2 Å². The average molecular weight is 318 g/mol. The van der Waals surface area contributed by atoms with E-state index in [2.05, 4.69) is 26.1 Å². The predicted molar refractivity (Wildman–Crippen MR) is 95.7 cm³/mol. The third kappa shape index (κ3) is 6.43. The van der Waals surface area contributed by atoms with Crippen LogP contribution in [0.15, 0.2) is 24.3 Å². The van der Waals surface area contributed by atoms with Gasteiger partial charge in [-0.2, -0.15) is 0 Å². The highest BCUT2D eigenvalue weighted by molar-refractivity contribution is 5.92. The molecule has 0 aliphatic heterocycles. The molecule has 1 aromatic rings. The number of nitrogens with one attached hydrogen (secondary N) is 1. The summed E-state index contributed by atoms with van der Waals surface area (Å²) >= 11 is 0. The normalized spacial score (nSPS) is 12.0. The molecule has 4 heteroatoms. The molecule has 0 fully saturated rings. The summed E-state index contributed by atoms with van der Waals surface area (Å²) in [4.78, 5) is 25.5. The van der Waals surface area contributed by atoms with E-state index >= 15 is 0 Å². The van der Waals surface area contributed by atoms with Gasteiger partial charge in [-0.3, -0.25) is 9.59 Å². The Morgan fingerprint density at radius 3 is 1.91 bits per heavy atom. The maximum absolute atomic E-state index is 12.0. The zero-order valence-electron chi connectivity index (χ0n) is 15.5. The molecule has 1 aromatic carbocycles. The van der Waals surface area contributed by atoms with Crippen molar-refractivity contribution in [1.82, 2.24) is 5.32 Å². The maximum Gasteiger partial charge on any atom is 0.223 e. The molecule has 0 aliphatic rings. The smallest absolute Gasteiger partial charge is 0.223 e. The molecule has 0 radical (unpaired) electrons. The van der Waals surface area contributed by atoms with Crippen LogP contribution < -0.4 is 10.2 Å². The number of anilines is 1. The molecule has 0 atom stereocenters. The van der Waals surface area contributed by atoms with Crippen LogP contribution in [0.1, 0.15) is 60.5 Å². The number of amides is 2. The molecular weight excluding hydrogens is 288 g/mol. The lowest BCUT2D eigenvalue weighted by atomic mass is 9.87. The van der Waals surface area contributed by atoms with Crippen molar-refractivity contribution >= 4 is 17.5 Å². The molecule has 0 aromatic heterocycles. The summed E-state index contributed by atoms with van der Waals surface area (Å²) < 4.78 is 0. The lowest BCUT2D eigenvalue weighted by Gasteiger charge is -2.25. The summed E-state index contributed by atoms with van der Waals surface area (Å²) in [5.74, 6) is -0.105. The first-order valence-electron chi connectivity index (χ1n) is 8.10. The largest absolute Gasteiger partial charge is 0.351 e. The van der Waals surface area contributed by atoms with E-state index in [1.165, 1.54) is 12.5 Å². The highest BCUT2D eigenvalue weighted by Gasteiger charge is 2.18. The fourth-order valence-electron chi connectivity index (χ4n) is 2.30. The summed E-state index contributed by atoms with van der Waals surface area (Å²) in [6, 6.07) is 7.98. The number of carbonyl (C=O) groups is 2. The topological polar surface area (TPSA) is 49.4 Å². The van der Waals surface area contributed by atoms with Crippen LogP contribution in [0.4, 0.5) is 5.69 Å². The molecule has 2 amide bonds. The van der Waals surface area contributed by atoms with Crippen LogP contribution in [0.5, 0.6) is 0 Å². The van der Waals surface area contributed by atoms with Gasteiger partial charge in [0.2, 0.25) is 11.8 Å². The van der Waals surface area contributed by atoms with Gasteiger partial charge in [-0.1, -0.05) is 32.9 Å². The predicted octanol–water partition coefficient (Wildman–Crippen LogP) is 3.64. The summed E-state index contributed by atoms with van der Waals surface area (Å²) in [6.45, 7) is 14.2. The van der Waals surface area contributed by atoms with Crippen molar-refractivity contribution in [1.29, 1.82) is 0 Å². The number of carbonyl (C=O) groups excluding carboxylic acids is 2. The van der Waals surface area contributed by atoms with Gasteiger partial charge in [0.1, 0.15) is 0 Å². The second kappa shape index (κ2) is 7.16. The van der Waals surface area contributed by atoms with E-state index < -0.39 is 0 Å². The van der Waals surface area contributed by atoms with Gasteiger partial charge in [-0.15, -0.1) is 0 Å². The Kier molecular flexibility index (Phi) is 5.98. The Hall–Kier alpha value is -1.84. The molecule has 1 N–H and O–H groups in total. The van der Waals surface area contributed by atoms with Crippen LogP contribution in [0, 0.1) is 0 Å². The Bertz CT molecular complexity index is 548. The monoisotopic (exact) mass is 318 g/mol.